The second-order valence-corrected chi connectivity index (χ2v) is 5.93. The first-order chi connectivity index (χ1) is 7.11. The Morgan fingerprint density at radius 3 is 2.27 bits per heavy atom. The van der Waals surface area contributed by atoms with Crippen LogP contribution in [0.25, 0.3) is 0 Å². The largest absolute Gasteiger partial charge is 0.0654 e. The van der Waals surface area contributed by atoms with Gasteiger partial charge >= 0.3 is 0 Å². The van der Waals surface area contributed by atoms with E-state index in [1.807, 2.05) is 0 Å². The summed E-state index contributed by atoms with van der Waals surface area (Å²) in [5.41, 5.74) is 0. The van der Waals surface area contributed by atoms with E-state index in [1.165, 1.54) is 32.1 Å². The second kappa shape index (κ2) is 5.92. The predicted molar refractivity (Wildman–Crippen MR) is 68.9 cm³/mol. The SMILES string of the molecule is CCCCC(C)C(C)C1CC1C(C)CC. The van der Waals surface area contributed by atoms with Crippen molar-refractivity contribution in [2.24, 2.45) is 29.6 Å². The van der Waals surface area contributed by atoms with E-state index in [0.717, 1.165) is 29.6 Å². The molecular weight excluding hydrogens is 180 g/mol. The monoisotopic (exact) mass is 210 g/mol. The Kier molecular flexibility index (Phi) is 5.15. The summed E-state index contributed by atoms with van der Waals surface area (Å²) in [6.07, 6.45) is 7.12. The van der Waals surface area contributed by atoms with Crippen LogP contribution in [0.2, 0.25) is 0 Å². The Bertz CT molecular complexity index is 173. The van der Waals surface area contributed by atoms with Gasteiger partial charge in [-0.3, -0.25) is 0 Å². The van der Waals surface area contributed by atoms with Crippen molar-refractivity contribution in [2.45, 2.75) is 66.7 Å². The smallest absolute Gasteiger partial charge is 0.0352 e. The van der Waals surface area contributed by atoms with Gasteiger partial charge in [0.1, 0.15) is 0 Å². The van der Waals surface area contributed by atoms with Crippen molar-refractivity contribution in [3.8, 4) is 0 Å². The van der Waals surface area contributed by atoms with Crippen molar-refractivity contribution in [1.82, 2.24) is 0 Å². The highest BCUT2D eigenvalue weighted by molar-refractivity contribution is 4.93. The third-order valence-electron chi connectivity index (χ3n) is 4.85. The molecule has 0 aromatic carbocycles. The van der Waals surface area contributed by atoms with Crippen molar-refractivity contribution < 1.29 is 0 Å². The van der Waals surface area contributed by atoms with Crippen LogP contribution in [0.5, 0.6) is 0 Å². The van der Waals surface area contributed by atoms with Gasteiger partial charge in [0.15, 0.2) is 0 Å². The topological polar surface area (TPSA) is 0 Å². The number of unbranched alkanes of at least 4 members (excludes halogenated alkanes) is 1. The van der Waals surface area contributed by atoms with Gasteiger partial charge in [0.25, 0.3) is 0 Å². The maximum Gasteiger partial charge on any atom is -0.0352 e. The van der Waals surface area contributed by atoms with Crippen LogP contribution in [0.4, 0.5) is 0 Å². The van der Waals surface area contributed by atoms with E-state index in [1.54, 1.807) is 0 Å². The van der Waals surface area contributed by atoms with Crippen LogP contribution in [0.3, 0.4) is 0 Å². The molecule has 0 saturated heterocycles. The molecule has 1 rings (SSSR count). The molecule has 1 saturated carbocycles. The molecule has 5 unspecified atom stereocenters. The molecule has 0 aliphatic heterocycles. The Hall–Kier alpha value is 0. The lowest BCUT2D eigenvalue weighted by atomic mass is 9.85. The van der Waals surface area contributed by atoms with Crippen molar-refractivity contribution in [3.05, 3.63) is 0 Å². The first-order valence-corrected chi connectivity index (χ1v) is 7.11. The molecule has 0 aromatic rings. The van der Waals surface area contributed by atoms with Gasteiger partial charge in [-0.25, -0.2) is 0 Å². The van der Waals surface area contributed by atoms with E-state index >= 15 is 0 Å². The van der Waals surface area contributed by atoms with Crippen molar-refractivity contribution in [3.63, 3.8) is 0 Å². The van der Waals surface area contributed by atoms with Crippen LogP contribution in [0.1, 0.15) is 66.7 Å². The molecule has 0 radical (unpaired) electrons. The summed E-state index contributed by atoms with van der Waals surface area (Å²) in [4.78, 5) is 0. The molecule has 0 N–H and O–H groups in total. The zero-order valence-electron chi connectivity index (χ0n) is 11.4. The van der Waals surface area contributed by atoms with Crippen LogP contribution in [0, 0.1) is 29.6 Å². The van der Waals surface area contributed by atoms with E-state index in [-0.39, 0.29) is 0 Å². The zero-order valence-corrected chi connectivity index (χ0v) is 11.4. The summed E-state index contributed by atoms with van der Waals surface area (Å²) in [6.45, 7) is 12.0. The minimum absolute atomic E-state index is 0.948. The lowest BCUT2D eigenvalue weighted by Gasteiger charge is -2.21. The van der Waals surface area contributed by atoms with Gasteiger partial charge in [-0.15, -0.1) is 0 Å². The number of rotatable bonds is 7. The maximum absolute atomic E-state index is 2.49. The van der Waals surface area contributed by atoms with E-state index < -0.39 is 0 Å². The fraction of sp³-hybridized carbons (Fsp3) is 1.00. The summed E-state index contributed by atoms with van der Waals surface area (Å²) in [5.74, 6) is 5.01. The molecule has 1 aliphatic carbocycles. The van der Waals surface area contributed by atoms with Crippen molar-refractivity contribution in [2.75, 3.05) is 0 Å². The molecule has 0 spiro atoms. The van der Waals surface area contributed by atoms with Crippen molar-refractivity contribution >= 4 is 0 Å². The lowest BCUT2D eigenvalue weighted by Crippen LogP contribution is -2.12. The highest BCUT2D eigenvalue weighted by Gasteiger charge is 2.44. The molecule has 0 heteroatoms. The van der Waals surface area contributed by atoms with E-state index in [9.17, 15) is 0 Å². The van der Waals surface area contributed by atoms with E-state index in [2.05, 4.69) is 34.6 Å². The molecule has 5 atom stereocenters. The fourth-order valence-corrected chi connectivity index (χ4v) is 3.01. The molecule has 0 bridgehead atoms. The molecule has 15 heavy (non-hydrogen) atoms. The number of hydrogen-bond acceptors (Lipinski definition) is 0. The summed E-state index contributed by atoms with van der Waals surface area (Å²) >= 11 is 0. The second-order valence-electron chi connectivity index (χ2n) is 5.93. The molecule has 90 valence electrons. The highest BCUT2D eigenvalue weighted by Crippen LogP contribution is 2.52. The first kappa shape index (κ1) is 13.1. The molecule has 0 heterocycles. The van der Waals surface area contributed by atoms with Crippen LogP contribution in [0.15, 0.2) is 0 Å². The summed E-state index contributed by atoms with van der Waals surface area (Å²) < 4.78 is 0. The lowest BCUT2D eigenvalue weighted by molar-refractivity contribution is 0.290. The minimum atomic E-state index is 0.948. The highest BCUT2D eigenvalue weighted by atomic mass is 14.5. The Labute approximate surface area is 96.8 Å². The third kappa shape index (κ3) is 3.50. The fourth-order valence-electron chi connectivity index (χ4n) is 3.01. The van der Waals surface area contributed by atoms with Gasteiger partial charge in [0.2, 0.25) is 0 Å². The van der Waals surface area contributed by atoms with Gasteiger partial charge in [-0.1, -0.05) is 60.3 Å². The summed E-state index contributed by atoms with van der Waals surface area (Å²) in [7, 11) is 0. The summed E-state index contributed by atoms with van der Waals surface area (Å²) in [5, 5.41) is 0. The summed E-state index contributed by atoms with van der Waals surface area (Å²) in [6, 6.07) is 0. The average Bonchev–Trinajstić information content (AvgIpc) is 3.03. The van der Waals surface area contributed by atoms with Gasteiger partial charge < -0.3 is 0 Å². The zero-order chi connectivity index (χ0) is 11.4. The Balaban J connectivity index is 2.27. The standard InChI is InChI=1S/C15H30/c1-6-8-9-12(4)13(5)15-10-14(15)11(3)7-2/h11-15H,6-10H2,1-5H3. The van der Waals surface area contributed by atoms with Crippen LogP contribution >= 0.6 is 0 Å². The first-order valence-electron chi connectivity index (χ1n) is 7.11. The molecule has 1 aliphatic rings. The maximum atomic E-state index is 2.49. The normalized spacial score (nSPS) is 31.0. The van der Waals surface area contributed by atoms with Crippen LogP contribution < -0.4 is 0 Å². The molecule has 1 fully saturated rings. The van der Waals surface area contributed by atoms with Gasteiger partial charge in [0, 0.05) is 0 Å². The van der Waals surface area contributed by atoms with Crippen molar-refractivity contribution in [1.29, 1.82) is 0 Å². The minimum Gasteiger partial charge on any atom is -0.0654 e. The van der Waals surface area contributed by atoms with Crippen LogP contribution in [-0.4, -0.2) is 0 Å². The molecule has 0 aromatic heterocycles. The van der Waals surface area contributed by atoms with E-state index in [0.29, 0.717) is 0 Å². The molecule has 0 nitrogen and oxygen atoms in total. The number of hydrogen-bond donors (Lipinski definition) is 0. The van der Waals surface area contributed by atoms with Gasteiger partial charge in [-0.05, 0) is 36.0 Å². The van der Waals surface area contributed by atoms with Gasteiger partial charge in [-0.2, -0.15) is 0 Å². The molecule has 0 amide bonds. The Morgan fingerprint density at radius 1 is 1.07 bits per heavy atom. The van der Waals surface area contributed by atoms with Gasteiger partial charge in [0.05, 0.1) is 0 Å². The quantitative estimate of drug-likeness (QED) is 0.546. The van der Waals surface area contributed by atoms with Crippen LogP contribution in [-0.2, 0) is 0 Å². The predicted octanol–water partition coefficient (Wildman–Crippen LogP) is 5.13. The van der Waals surface area contributed by atoms with E-state index in [4.69, 9.17) is 0 Å². The Morgan fingerprint density at radius 2 is 1.73 bits per heavy atom. The third-order valence-corrected chi connectivity index (χ3v) is 4.85. The average molecular weight is 210 g/mol. The molecular formula is C15H30.